The van der Waals surface area contributed by atoms with Gasteiger partial charge in [0.25, 0.3) is 0 Å². The monoisotopic (exact) mass is 358 g/mol. The normalized spacial score (nSPS) is 24.6. The molecule has 0 bridgehead atoms. The summed E-state index contributed by atoms with van der Waals surface area (Å²) < 4.78 is 1.32. The van der Waals surface area contributed by atoms with Crippen molar-refractivity contribution in [2.75, 3.05) is 18.0 Å². The third-order valence-corrected chi connectivity index (χ3v) is 4.51. The second kappa shape index (κ2) is 6.24. The summed E-state index contributed by atoms with van der Waals surface area (Å²) in [4.78, 5) is 2.59. The quantitative estimate of drug-likeness (QED) is 0.832. The second-order valence-electron chi connectivity index (χ2n) is 5.46. The molecule has 1 aromatic rings. The number of benzene rings is 1. The predicted octanol–water partition coefficient (Wildman–Crippen LogP) is 3.50. The molecule has 3 heteroatoms. The number of hydrogen-bond donors (Lipinski definition) is 1. The van der Waals surface area contributed by atoms with Crippen LogP contribution in [0.5, 0.6) is 0 Å². The highest BCUT2D eigenvalue weighted by atomic mass is 127. The standard InChI is InChI=1S/C15H23IN2/c1-4-13-10-18(15(9-17-13)11(2)3)14-7-5-6-12(16)8-14/h5-8,11,13,15,17H,4,9-10H2,1-3H3. The Bertz CT molecular complexity index is 392. The minimum Gasteiger partial charge on any atom is -0.365 e. The van der Waals surface area contributed by atoms with Gasteiger partial charge in [-0.1, -0.05) is 26.8 Å². The van der Waals surface area contributed by atoms with Crippen molar-refractivity contribution in [1.82, 2.24) is 5.32 Å². The fourth-order valence-corrected chi connectivity index (χ4v) is 3.18. The van der Waals surface area contributed by atoms with E-state index < -0.39 is 0 Å². The summed E-state index contributed by atoms with van der Waals surface area (Å²) in [5.74, 6) is 0.674. The first-order valence-electron chi connectivity index (χ1n) is 6.87. The summed E-state index contributed by atoms with van der Waals surface area (Å²) in [7, 11) is 0. The average molecular weight is 358 g/mol. The van der Waals surface area contributed by atoms with Gasteiger partial charge in [-0.3, -0.25) is 0 Å². The van der Waals surface area contributed by atoms with Crippen LogP contribution in [-0.2, 0) is 0 Å². The summed E-state index contributed by atoms with van der Waals surface area (Å²) in [6.45, 7) is 9.13. The number of nitrogens with one attached hydrogen (secondary N) is 1. The van der Waals surface area contributed by atoms with Crippen LogP contribution in [0.1, 0.15) is 27.2 Å². The van der Waals surface area contributed by atoms with E-state index in [1.165, 1.54) is 15.7 Å². The lowest BCUT2D eigenvalue weighted by Crippen LogP contribution is -2.58. The smallest absolute Gasteiger partial charge is 0.0438 e. The van der Waals surface area contributed by atoms with Gasteiger partial charge in [0, 0.05) is 34.4 Å². The van der Waals surface area contributed by atoms with E-state index in [-0.39, 0.29) is 0 Å². The Morgan fingerprint density at radius 2 is 2.22 bits per heavy atom. The van der Waals surface area contributed by atoms with E-state index in [0.717, 1.165) is 13.1 Å². The first-order chi connectivity index (χ1) is 8.61. The van der Waals surface area contributed by atoms with Crippen molar-refractivity contribution in [3.05, 3.63) is 27.8 Å². The van der Waals surface area contributed by atoms with Crippen molar-refractivity contribution in [3.8, 4) is 0 Å². The maximum absolute atomic E-state index is 3.67. The molecule has 1 saturated heterocycles. The molecule has 1 heterocycles. The van der Waals surface area contributed by atoms with Crippen molar-refractivity contribution in [3.63, 3.8) is 0 Å². The molecule has 0 amide bonds. The zero-order valence-corrected chi connectivity index (χ0v) is 13.6. The first-order valence-corrected chi connectivity index (χ1v) is 7.95. The third kappa shape index (κ3) is 3.18. The van der Waals surface area contributed by atoms with Crippen LogP contribution in [0.3, 0.4) is 0 Å². The minimum atomic E-state index is 0.603. The van der Waals surface area contributed by atoms with Gasteiger partial charge in [-0.15, -0.1) is 0 Å². The van der Waals surface area contributed by atoms with Crippen LogP contribution < -0.4 is 10.2 Å². The summed E-state index contributed by atoms with van der Waals surface area (Å²) in [5, 5.41) is 3.67. The lowest BCUT2D eigenvalue weighted by Gasteiger charge is -2.44. The molecular formula is C15H23IN2. The van der Waals surface area contributed by atoms with E-state index >= 15 is 0 Å². The van der Waals surface area contributed by atoms with E-state index in [0.29, 0.717) is 18.0 Å². The molecule has 1 N–H and O–H groups in total. The van der Waals surface area contributed by atoms with Gasteiger partial charge in [0.15, 0.2) is 0 Å². The van der Waals surface area contributed by atoms with Crippen molar-refractivity contribution >= 4 is 28.3 Å². The van der Waals surface area contributed by atoms with Gasteiger partial charge in [0.05, 0.1) is 0 Å². The van der Waals surface area contributed by atoms with Crippen molar-refractivity contribution < 1.29 is 0 Å². The van der Waals surface area contributed by atoms with Crippen LogP contribution in [-0.4, -0.2) is 25.2 Å². The third-order valence-electron chi connectivity index (χ3n) is 3.84. The molecular weight excluding hydrogens is 335 g/mol. The number of anilines is 1. The van der Waals surface area contributed by atoms with Gasteiger partial charge < -0.3 is 10.2 Å². The van der Waals surface area contributed by atoms with E-state index in [1.807, 2.05) is 0 Å². The Morgan fingerprint density at radius 3 is 2.83 bits per heavy atom. The molecule has 0 spiro atoms. The van der Waals surface area contributed by atoms with Crippen LogP contribution in [0.2, 0.25) is 0 Å². The van der Waals surface area contributed by atoms with Crippen molar-refractivity contribution in [2.45, 2.75) is 39.3 Å². The Labute approximate surface area is 124 Å². The van der Waals surface area contributed by atoms with Crippen LogP contribution in [0.25, 0.3) is 0 Å². The molecule has 0 aromatic heterocycles. The first kappa shape index (κ1) is 14.1. The average Bonchev–Trinajstić information content (AvgIpc) is 2.38. The summed E-state index contributed by atoms with van der Waals surface area (Å²) in [6, 6.07) is 10.1. The number of nitrogens with zero attached hydrogens (tertiary/aromatic N) is 1. The maximum atomic E-state index is 3.67. The number of piperazine rings is 1. The molecule has 0 aliphatic carbocycles. The highest BCUT2D eigenvalue weighted by Gasteiger charge is 2.29. The zero-order chi connectivity index (χ0) is 13.1. The molecule has 100 valence electrons. The number of hydrogen-bond acceptors (Lipinski definition) is 2. The van der Waals surface area contributed by atoms with Gasteiger partial charge in [0.1, 0.15) is 0 Å². The summed E-state index contributed by atoms with van der Waals surface area (Å²) in [5.41, 5.74) is 1.38. The van der Waals surface area contributed by atoms with E-state index in [9.17, 15) is 0 Å². The van der Waals surface area contributed by atoms with Gasteiger partial charge in [0.2, 0.25) is 0 Å². The second-order valence-corrected chi connectivity index (χ2v) is 6.70. The maximum Gasteiger partial charge on any atom is 0.0438 e. The Morgan fingerprint density at radius 1 is 1.44 bits per heavy atom. The molecule has 2 rings (SSSR count). The molecule has 1 aliphatic rings. The fourth-order valence-electron chi connectivity index (χ4n) is 2.66. The molecule has 1 aromatic carbocycles. The molecule has 1 aliphatic heterocycles. The van der Waals surface area contributed by atoms with E-state index in [2.05, 4.69) is 77.8 Å². The van der Waals surface area contributed by atoms with E-state index in [1.54, 1.807) is 0 Å². The van der Waals surface area contributed by atoms with Gasteiger partial charge >= 0.3 is 0 Å². The van der Waals surface area contributed by atoms with Crippen LogP contribution >= 0.6 is 22.6 Å². The number of halogens is 1. The minimum absolute atomic E-state index is 0.603. The van der Waals surface area contributed by atoms with Crippen LogP contribution in [0.4, 0.5) is 5.69 Å². The van der Waals surface area contributed by atoms with E-state index in [4.69, 9.17) is 0 Å². The zero-order valence-electron chi connectivity index (χ0n) is 11.5. The molecule has 2 unspecified atom stereocenters. The lowest BCUT2D eigenvalue weighted by atomic mass is 9.97. The topological polar surface area (TPSA) is 15.3 Å². The van der Waals surface area contributed by atoms with Crippen LogP contribution in [0, 0.1) is 9.49 Å². The largest absolute Gasteiger partial charge is 0.365 e. The Hall–Kier alpha value is -0.290. The Balaban J connectivity index is 2.24. The predicted molar refractivity (Wildman–Crippen MR) is 87.2 cm³/mol. The lowest BCUT2D eigenvalue weighted by molar-refractivity contribution is 0.333. The van der Waals surface area contributed by atoms with Crippen molar-refractivity contribution in [1.29, 1.82) is 0 Å². The van der Waals surface area contributed by atoms with Crippen LogP contribution in [0.15, 0.2) is 24.3 Å². The van der Waals surface area contributed by atoms with Crippen molar-refractivity contribution in [2.24, 2.45) is 5.92 Å². The molecule has 1 fully saturated rings. The molecule has 18 heavy (non-hydrogen) atoms. The SMILES string of the molecule is CCC1CN(c2cccc(I)c2)C(C(C)C)CN1. The summed E-state index contributed by atoms with van der Waals surface area (Å²) in [6.07, 6.45) is 1.20. The molecule has 2 atom stereocenters. The van der Waals surface area contributed by atoms with Gasteiger partial charge in [-0.05, 0) is 53.1 Å². The highest BCUT2D eigenvalue weighted by molar-refractivity contribution is 14.1. The molecule has 0 radical (unpaired) electrons. The summed E-state index contributed by atoms with van der Waals surface area (Å²) >= 11 is 2.40. The van der Waals surface area contributed by atoms with Gasteiger partial charge in [-0.25, -0.2) is 0 Å². The van der Waals surface area contributed by atoms with Gasteiger partial charge in [-0.2, -0.15) is 0 Å². The highest BCUT2D eigenvalue weighted by Crippen LogP contribution is 2.25. The number of rotatable bonds is 3. The molecule has 0 saturated carbocycles. The molecule has 2 nitrogen and oxygen atoms in total. The fraction of sp³-hybridized carbons (Fsp3) is 0.600. The Kier molecular flexibility index (Phi) is 4.90.